The molecule has 0 aromatic heterocycles. The Hall–Kier alpha value is -2.54. The van der Waals surface area contributed by atoms with Gasteiger partial charge in [0.2, 0.25) is 5.91 Å². The van der Waals surface area contributed by atoms with Gasteiger partial charge in [0.1, 0.15) is 5.75 Å². The van der Waals surface area contributed by atoms with Crippen LogP contribution < -0.4 is 10.5 Å². The van der Waals surface area contributed by atoms with Crippen LogP contribution in [0, 0.1) is 0 Å². The van der Waals surface area contributed by atoms with Crippen molar-refractivity contribution in [1.82, 2.24) is 0 Å². The summed E-state index contributed by atoms with van der Waals surface area (Å²) in [6.45, 7) is 0. The largest absolute Gasteiger partial charge is 0.508 e. The molecule has 0 fully saturated rings. The van der Waals surface area contributed by atoms with Crippen LogP contribution in [0.5, 0.6) is 5.75 Å². The number of nitrogens with one attached hydrogen (secondary N) is 1. The van der Waals surface area contributed by atoms with Gasteiger partial charge in [0.15, 0.2) is 0 Å². The highest BCUT2D eigenvalue weighted by molar-refractivity contribution is 7.92. The smallest absolute Gasteiger partial charge is 0.261 e. The molecular formula is C13H12N2O4S. The van der Waals surface area contributed by atoms with E-state index in [1.165, 1.54) is 48.5 Å². The fourth-order valence-electron chi connectivity index (χ4n) is 1.54. The van der Waals surface area contributed by atoms with Crippen molar-refractivity contribution >= 4 is 21.6 Å². The van der Waals surface area contributed by atoms with E-state index in [0.717, 1.165) is 0 Å². The molecule has 20 heavy (non-hydrogen) atoms. The minimum Gasteiger partial charge on any atom is -0.508 e. The second-order valence-corrected chi connectivity index (χ2v) is 5.72. The average molecular weight is 292 g/mol. The van der Waals surface area contributed by atoms with Gasteiger partial charge in [-0.15, -0.1) is 0 Å². The lowest BCUT2D eigenvalue weighted by molar-refractivity contribution is 0.1000. The predicted molar refractivity (Wildman–Crippen MR) is 73.9 cm³/mol. The number of nitrogens with two attached hydrogens (primary N) is 1. The monoisotopic (exact) mass is 292 g/mol. The van der Waals surface area contributed by atoms with E-state index in [1.807, 2.05) is 0 Å². The van der Waals surface area contributed by atoms with Gasteiger partial charge in [-0.2, -0.15) is 0 Å². The molecule has 2 aromatic rings. The Bertz CT molecular complexity index is 722. The summed E-state index contributed by atoms with van der Waals surface area (Å²) in [5, 5.41) is 9.13. The first-order valence-corrected chi connectivity index (χ1v) is 7.08. The molecule has 0 spiro atoms. The molecule has 0 heterocycles. The van der Waals surface area contributed by atoms with Gasteiger partial charge in [-0.25, -0.2) is 8.42 Å². The number of sulfonamides is 1. The van der Waals surface area contributed by atoms with E-state index in [-0.39, 0.29) is 16.2 Å². The summed E-state index contributed by atoms with van der Waals surface area (Å²) in [5.41, 5.74) is 5.63. The molecule has 0 radical (unpaired) electrons. The van der Waals surface area contributed by atoms with Crippen LogP contribution in [0.2, 0.25) is 0 Å². The maximum Gasteiger partial charge on any atom is 0.261 e. The summed E-state index contributed by atoms with van der Waals surface area (Å²) in [6.07, 6.45) is 0. The third-order valence-electron chi connectivity index (χ3n) is 2.57. The second kappa shape index (κ2) is 5.22. The normalized spacial score (nSPS) is 11.0. The highest BCUT2D eigenvalue weighted by atomic mass is 32.2. The number of anilines is 1. The number of phenolic OH excluding ortho intramolecular Hbond substituents is 1. The zero-order chi connectivity index (χ0) is 14.8. The van der Waals surface area contributed by atoms with Crippen LogP contribution in [0.25, 0.3) is 0 Å². The Kier molecular flexibility index (Phi) is 3.62. The zero-order valence-corrected chi connectivity index (χ0v) is 11.1. The molecule has 7 heteroatoms. The first-order valence-electron chi connectivity index (χ1n) is 5.60. The van der Waals surface area contributed by atoms with Gasteiger partial charge in [-0.1, -0.05) is 0 Å². The maximum atomic E-state index is 12.1. The van der Waals surface area contributed by atoms with E-state index in [4.69, 9.17) is 10.8 Å². The number of carbonyl (C=O) groups excluding carboxylic acids is 1. The van der Waals surface area contributed by atoms with Crippen LogP contribution in [0.1, 0.15) is 10.4 Å². The first-order chi connectivity index (χ1) is 9.38. The van der Waals surface area contributed by atoms with Crippen LogP contribution in [0.3, 0.4) is 0 Å². The number of phenols is 1. The molecule has 6 nitrogen and oxygen atoms in total. The van der Waals surface area contributed by atoms with Crippen LogP contribution in [0.15, 0.2) is 53.4 Å². The predicted octanol–water partition coefficient (Wildman–Crippen LogP) is 1.29. The summed E-state index contributed by atoms with van der Waals surface area (Å²) in [6, 6.07) is 10.9. The summed E-state index contributed by atoms with van der Waals surface area (Å²) in [4.78, 5) is 10.9. The van der Waals surface area contributed by atoms with Gasteiger partial charge in [0, 0.05) is 11.3 Å². The minimum atomic E-state index is -3.75. The van der Waals surface area contributed by atoms with E-state index < -0.39 is 15.9 Å². The van der Waals surface area contributed by atoms with Crippen molar-refractivity contribution < 1.29 is 18.3 Å². The van der Waals surface area contributed by atoms with Gasteiger partial charge in [0.05, 0.1) is 4.90 Å². The van der Waals surface area contributed by atoms with Crippen LogP contribution in [0.4, 0.5) is 5.69 Å². The molecule has 0 aliphatic carbocycles. The van der Waals surface area contributed by atoms with Crippen molar-refractivity contribution in [3.8, 4) is 5.75 Å². The van der Waals surface area contributed by atoms with Crippen molar-refractivity contribution in [3.05, 3.63) is 54.1 Å². The van der Waals surface area contributed by atoms with Gasteiger partial charge in [-0.3, -0.25) is 9.52 Å². The second-order valence-electron chi connectivity index (χ2n) is 4.04. The van der Waals surface area contributed by atoms with Crippen molar-refractivity contribution in [2.24, 2.45) is 5.73 Å². The molecule has 0 aliphatic rings. The maximum absolute atomic E-state index is 12.1. The molecule has 0 saturated carbocycles. The van der Waals surface area contributed by atoms with Gasteiger partial charge < -0.3 is 10.8 Å². The lowest BCUT2D eigenvalue weighted by Crippen LogP contribution is -2.14. The molecular weight excluding hydrogens is 280 g/mol. The minimum absolute atomic E-state index is 0.00979. The number of amides is 1. The van der Waals surface area contributed by atoms with Gasteiger partial charge in [0.25, 0.3) is 10.0 Å². The van der Waals surface area contributed by atoms with Crippen molar-refractivity contribution in [2.45, 2.75) is 4.90 Å². The van der Waals surface area contributed by atoms with Gasteiger partial charge >= 0.3 is 0 Å². The summed E-state index contributed by atoms with van der Waals surface area (Å²) >= 11 is 0. The molecule has 104 valence electrons. The molecule has 0 unspecified atom stereocenters. The van der Waals surface area contributed by atoms with Gasteiger partial charge in [-0.05, 0) is 48.5 Å². The summed E-state index contributed by atoms with van der Waals surface area (Å²) in [7, 11) is -3.75. The zero-order valence-electron chi connectivity index (χ0n) is 10.3. The highest BCUT2D eigenvalue weighted by Crippen LogP contribution is 2.18. The third kappa shape index (κ3) is 3.07. The molecule has 0 aliphatic heterocycles. The topological polar surface area (TPSA) is 109 Å². The molecule has 4 N–H and O–H groups in total. The van der Waals surface area contributed by atoms with E-state index >= 15 is 0 Å². The fraction of sp³-hybridized carbons (Fsp3) is 0. The molecule has 0 atom stereocenters. The number of aromatic hydroxyl groups is 1. The highest BCUT2D eigenvalue weighted by Gasteiger charge is 2.14. The number of benzene rings is 2. The Balaban J connectivity index is 2.26. The SMILES string of the molecule is NC(=O)c1ccc(S(=O)(=O)Nc2ccc(O)cc2)cc1. The van der Waals surface area contributed by atoms with E-state index in [9.17, 15) is 13.2 Å². The standard InChI is InChI=1S/C13H12N2O4S/c14-13(17)9-1-7-12(8-2-9)20(18,19)15-10-3-5-11(16)6-4-10/h1-8,15-16H,(H2,14,17). The van der Waals surface area contributed by atoms with Crippen LogP contribution in [-0.2, 0) is 10.0 Å². The van der Waals surface area contributed by atoms with Crippen molar-refractivity contribution in [3.63, 3.8) is 0 Å². The third-order valence-corrected chi connectivity index (χ3v) is 3.97. The number of hydrogen-bond acceptors (Lipinski definition) is 4. The fourth-order valence-corrected chi connectivity index (χ4v) is 2.60. The summed E-state index contributed by atoms with van der Waals surface area (Å²) in [5.74, 6) is -0.584. The summed E-state index contributed by atoms with van der Waals surface area (Å²) < 4.78 is 26.5. The number of primary amides is 1. The van der Waals surface area contributed by atoms with Crippen LogP contribution in [-0.4, -0.2) is 19.4 Å². The number of carbonyl (C=O) groups is 1. The Morgan fingerprint density at radius 2 is 1.55 bits per heavy atom. The molecule has 2 rings (SSSR count). The van der Waals surface area contributed by atoms with E-state index in [0.29, 0.717) is 5.69 Å². The lowest BCUT2D eigenvalue weighted by atomic mass is 10.2. The van der Waals surface area contributed by atoms with Crippen molar-refractivity contribution in [1.29, 1.82) is 0 Å². The Morgan fingerprint density at radius 1 is 1.00 bits per heavy atom. The molecule has 1 amide bonds. The van der Waals surface area contributed by atoms with E-state index in [2.05, 4.69) is 4.72 Å². The quantitative estimate of drug-likeness (QED) is 0.737. The van der Waals surface area contributed by atoms with Crippen LogP contribution >= 0.6 is 0 Å². The Labute approximate surface area is 115 Å². The van der Waals surface area contributed by atoms with E-state index in [1.54, 1.807) is 0 Å². The number of hydrogen-bond donors (Lipinski definition) is 3. The van der Waals surface area contributed by atoms with Crippen molar-refractivity contribution in [2.75, 3.05) is 4.72 Å². The number of rotatable bonds is 4. The average Bonchev–Trinajstić information content (AvgIpc) is 2.41. The Morgan fingerprint density at radius 3 is 2.05 bits per heavy atom. The molecule has 0 saturated heterocycles. The lowest BCUT2D eigenvalue weighted by Gasteiger charge is -2.08. The molecule has 2 aromatic carbocycles. The first kappa shape index (κ1) is 13.9. The molecule has 0 bridgehead atoms.